The molecule has 3 aromatic carbocycles. The molecule has 0 aliphatic rings. The van der Waals surface area contributed by atoms with Gasteiger partial charge in [0.1, 0.15) is 5.54 Å². The summed E-state index contributed by atoms with van der Waals surface area (Å²) in [4.78, 5) is 29.3. The van der Waals surface area contributed by atoms with Gasteiger partial charge in [-0.25, -0.2) is 8.78 Å². The molecule has 0 bridgehead atoms. The molecule has 11 heteroatoms. The number of nitrogens with zero attached hydrogens (tertiary/aromatic N) is 2. The minimum Gasteiger partial charge on any atom is -0.368 e. The zero-order chi connectivity index (χ0) is 34.6. The number of primary amides is 1. The number of rotatable bonds is 13. The molecular weight excluding hydrogens is 645 g/mol. The minimum absolute atomic E-state index is 0.0748. The Morgan fingerprint density at radius 1 is 0.896 bits per heavy atom. The third kappa shape index (κ3) is 7.22. The Labute approximate surface area is 279 Å². The molecular formula is C37H36F5N3O2S. The van der Waals surface area contributed by atoms with Crippen LogP contribution in [0.5, 0.6) is 0 Å². The maximum Gasteiger partial charge on any atom is 0.416 e. The number of pyridine rings is 1. The van der Waals surface area contributed by atoms with Crippen molar-refractivity contribution in [3.05, 3.63) is 128 Å². The highest BCUT2D eigenvalue weighted by Gasteiger charge is 2.41. The number of fused-ring (bicyclic) bond motifs is 1. The summed E-state index contributed by atoms with van der Waals surface area (Å²) in [6.45, 7) is 6.01. The van der Waals surface area contributed by atoms with Gasteiger partial charge in [-0.1, -0.05) is 62.4 Å². The molecule has 0 spiro atoms. The zero-order valence-corrected chi connectivity index (χ0v) is 27.4. The van der Waals surface area contributed by atoms with Crippen molar-refractivity contribution >= 4 is 28.1 Å². The summed E-state index contributed by atoms with van der Waals surface area (Å²) in [6.07, 6.45) is -3.79. The number of hydrogen-bond donors (Lipinski definition) is 1. The third-order valence-electron chi connectivity index (χ3n) is 9.03. The van der Waals surface area contributed by atoms with Crippen molar-refractivity contribution in [3.63, 3.8) is 0 Å². The van der Waals surface area contributed by atoms with Crippen LogP contribution < -0.4 is 11.2 Å². The van der Waals surface area contributed by atoms with E-state index in [4.69, 9.17) is 5.73 Å². The molecule has 1 amide bonds. The molecule has 2 heterocycles. The molecule has 0 saturated carbocycles. The Kier molecular flexibility index (Phi) is 10.5. The van der Waals surface area contributed by atoms with E-state index in [1.54, 1.807) is 22.9 Å². The van der Waals surface area contributed by atoms with Gasteiger partial charge in [0, 0.05) is 35.5 Å². The number of nitrogens with two attached hydrogens (primary N) is 1. The lowest BCUT2D eigenvalue weighted by molar-refractivity contribution is -0.137. The van der Waals surface area contributed by atoms with Gasteiger partial charge in [0.2, 0.25) is 5.91 Å². The van der Waals surface area contributed by atoms with Gasteiger partial charge in [-0.05, 0) is 72.8 Å². The Bertz CT molecular complexity index is 1950. The van der Waals surface area contributed by atoms with E-state index in [2.05, 4.69) is 4.90 Å². The predicted octanol–water partition coefficient (Wildman–Crippen LogP) is 7.97. The summed E-state index contributed by atoms with van der Waals surface area (Å²) < 4.78 is 69.9. The molecule has 1 atom stereocenters. The molecule has 0 aliphatic carbocycles. The van der Waals surface area contributed by atoms with Crippen molar-refractivity contribution in [3.8, 4) is 11.1 Å². The van der Waals surface area contributed by atoms with E-state index >= 15 is 0 Å². The highest BCUT2D eigenvalue weighted by Crippen LogP contribution is 2.35. The number of carbonyl (C=O) groups is 1. The van der Waals surface area contributed by atoms with Gasteiger partial charge >= 0.3 is 6.18 Å². The number of aryl methyl sites for hydroxylation is 2. The standard InChI is InChI=1S/C37H36F5N3O2S/c1-3-44(4-2)19-18-36(35(43)47,21-24-8-10-25(11-9-24)26-12-15-28(16-13-26)37(40,41)42)45-29(20-33(46)30-22-48-23-32(30)45)17-14-27-6-5-7-31(38)34(27)39/h5-13,15-16,20,22-23H,3-4,14,17-19,21H2,1-2H3,(H2,43,47). The number of thiophene rings is 1. The first-order valence-corrected chi connectivity index (χ1v) is 16.6. The van der Waals surface area contributed by atoms with Crippen molar-refractivity contribution < 1.29 is 26.7 Å². The predicted molar refractivity (Wildman–Crippen MR) is 180 cm³/mol. The molecule has 1 unspecified atom stereocenters. The number of alkyl halides is 3. The smallest absolute Gasteiger partial charge is 0.368 e. The van der Waals surface area contributed by atoms with Gasteiger partial charge in [-0.15, -0.1) is 11.3 Å². The largest absolute Gasteiger partial charge is 0.416 e. The molecule has 48 heavy (non-hydrogen) atoms. The number of benzene rings is 3. The topological polar surface area (TPSA) is 68.3 Å². The van der Waals surface area contributed by atoms with E-state index in [-0.39, 0.29) is 30.3 Å². The SMILES string of the molecule is CCN(CC)CCC(Cc1ccc(-c2ccc(C(F)(F)F)cc2)cc1)(C(N)=O)n1c(CCc2cccc(F)c2F)cc(=O)c2cscc21. The van der Waals surface area contributed by atoms with Crippen molar-refractivity contribution in [1.29, 1.82) is 0 Å². The number of amides is 1. The summed E-state index contributed by atoms with van der Waals surface area (Å²) >= 11 is 1.31. The summed E-state index contributed by atoms with van der Waals surface area (Å²) in [5.74, 6) is -2.54. The van der Waals surface area contributed by atoms with Crippen LogP contribution in [0.2, 0.25) is 0 Å². The van der Waals surface area contributed by atoms with Crippen molar-refractivity contribution in [2.75, 3.05) is 19.6 Å². The van der Waals surface area contributed by atoms with Gasteiger partial charge in [-0.2, -0.15) is 13.2 Å². The van der Waals surface area contributed by atoms with Crippen LogP contribution in [-0.4, -0.2) is 35.0 Å². The van der Waals surface area contributed by atoms with Crippen LogP contribution in [0, 0.1) is 11.6 Å². The molecule has 2 N–H and O–H groups in total. The summed E-state index contributed by atoms with van der Waals surface area (Å²) in [7, 11) is 0. The van der Waals surface area contributed by atoms with E-state index in [1.165, 1.54) is 41.7 Å². The van der Waals surface area contributed by atoms with Crippen LogP contribution in [0.4, 0.5) is 22.0 Å². The highest BCUT2D eigenvalue weighted by atomic mass is 32.1. The first-order chi connectivity index (χ1) is 22.9. The average molecular weight is 682 g/mol. The third-order valence-corrected chi connectivity index (χ3v) is 9.76. The van der Waals surface area contributed by atoms with Crippen LogP contribution in [0.1, 0.15) is 42.7 Å². The van der Waals surface area contributed by atoms with Crippen LogP contribution in [0.3, 0.4) is 0 Å². The molecule has 2 aromatic heterocycles. The summed E-state index contributed by atoms with van der Waals surface area (Å²) in [5, 5.41) is 3.94. The molecule has 0 fully saturated rings. The minimum atomic E-state index is -4.44. The van der Waals surface area contributed by atoms with Gasteiger partial charge < -0.3 is 15.2 Å². The molecule has 5 rings (SSSR count). The van der Waals surface area contributed by atoms with Gasteiger partial charge in [0.25, 0.3) is 0 Å². The lowest BCUT2D eigenvalue weighted by Gasteiger charge is -2.38. The van der Waals surface area contributed by atoms with Crippen molar-refractivity contribution in [2.24, 2.45) is 5.73 Å². The lowest BCUT2D eigenvalue weighted by Crippen LogP contribution is -2.51. The van der Waals surface area contributed by atoms with Crippen molar-refractivity contribution in [1.82, 2.24) is 9.47 Å². The maximum absolute atomic E-state index is 14.7. The molecule has 0 radical (unpaired) electrons. The molecule has 0 aliphatic heterocycles. The number of aromatic nitrogens is 1. The number of carbonyl (C=O) groups excluding carboxylic acids is 1. The van der Waals surface area contributed by atoms with Crippen LogP contribution >= 0.6 is 11.3 Å². The van der Waals surface area contributed by atoms with Gasteiger partial charge in [0.15, 0.2) is 17.1 Å². The Balaban J connectivity index is 1.61. The first-order valence-electron chi connectivity index (χ1n) is 15.7. The van der Waals surface area contributed by atoms with Gasteiger partial charge in [-0.3, -0.25) is 9.59 Å². The van der Waals surface area contributed by atoms with E-state index < -0.39 is 34.8 Å². The van der Waals surface area contributed by atoms with Gasteiger partial charge in [0.05, 0.1) is 16.5 Å². The number of halogens is 5. The van der Waals surface area contributed by atoms with E-state index in [9.17, 15) is 31.5 Å². The maximum atomic E-state index is 14.7. The second-order valence-corrected chi connectivity index (χ2v) is 12.6. The Morgan fingerprint density at radius 2 is 1.54 bits per heavy atom. The quantitative estimate of drug-likeness (QED) is 0.128. The summed E-state index contributed by atoms with van der Waals surface area (Å²) in [5.41, 5.74) is 7.18. The fraction of sp³-hybridized carbons (Fsp3) is 0.297. The Hall–Kier alpha value is -4.35. The van der Waals surface area contributed by atoms with E-state index in [1.807, 2.05) is 30.5 Å². The average Bonchev–Trinajstić information content (AvgIpc) is 3.56. The zero-order valence-electron chi connectivity index (χ0n) is 26.6. The second kappa shape index (κ2) is 14.4. The summed E-state index contributed by atoms with van der Waals surface area (Å²) in [6, 6.07) is 17.5. The van der Waals surface area contributed by atoms with E-state index in [0.717, 1.165) is 36.9 Å². The normalized spacial score (nSPS) is 13.2. The molecule has 0 saturated heterocycles. The lowest BCUT2D eigenvalue weighted by atomic mass is 9.84. The molecule has 5 nitrogen and oxygen atoms in total. The molecule has 5 aromatic rings. The first kappa shape index (κ1) is 35.0. The van der Waals surface area contributed by atoms with Crippen LogP contribution in [-0.2, 0) is 35.8 Å². The van der Waals surface area contributed by atoms with Crippen LogP contribution in [0.25, 0.3) is 22.0 Å². The van der Waals surface area contributed by atoms with Crippen molar-refractivity contribution in [2.45, 2.75) is 51.2 Å². The second-order valence-electron chi connectivity index (χ2n) is 11.8. The molecule has 252 valence electrons. The monoisotopic (exact) mass is 681 g/mol. The fourth-order valence-electron chi connectivity index (χ4n) is 6.28. The van der Waals surface area contributed by atoms with Crippen LogP contribution in [0.15, 0.2) is 88.4 Å². The number of hydrogen-bond acceptors (Lipinski definition) is 4. The fourth-order valence-corrected chi connectivity index (χ4v) is 7.08. The highest BCUT2D eigenvalue weighted by molar-refractivity contribution is 7.09. The van der Waals surface area contributed by atoms with E-state index in [0.29, 0.717) is 40.7 Å². The Morgan fingerprint density at radius 3 is 2.15 bits per heavy atom.